The number of carbonyl (C=O) groups excluding carboxylic acids is 3. The van der Waals surface area contributed by atoms with Crippen LogP contribution < -0.4 is 0 Å². The summed E-state index contributed by atoms with van der Waals surface area (Å²) < 4.78 is 16.8. The Balaban J connectivity index is 4.08. The predicted molar refractivity (Wildman–Crippen MR) is 293 cm³/mol. The van der Waals surface area contributed by atoms with Gasteiger partial charge in [-0.1, -0.05) is 296 Å². The lowest BCUT2D eigenvalue weighted by Crippen LogP contribution is -2.30. The maximum atomic E-state index is 12.8. The maximum Gasteiger partial charge on any atom is 0.306 e. The van der Waals surface area contributed by atoms with Gasteiger partial charge in [-0.05, 0) is 44.9 Å². The van der Waals surface area contributed by atoms with Crippen LogP contribution >= 0.6 is 0 Å². The number of rotatable bonds is 57. The normalized spacial score (nSPS) is 12.0. The van der Waals surface area contributed by atoms with Gasteiger partial charge in [0, 0.05) is 19.3 Å². The largest absolute Gasteiger partial charge is 0.462 e. The molecule has 0 aromatic rings. The smallest absolute Gasteiger partial charge is 0.306 e. The van der Waals surface area contributed by atoms with Crippen molar-refractivity contribution in [2.45, 2.75) is 354 Å². The molecule has 0 aliphatic carbocycles. The Labute approximate surface area is 424 Å². The molecule has 0 rings (SSSR count). The SMILES string of the molecule is CCCCC/C=C\CCCCCCCC(=O)OC(COC(=O)CCCCCCCCCCCCC)COC(=O)CCCCCCCCCCCCCCCCCCCCCCCCCCCCC. The van der Waals surface area contributed by atoms with Crippen LogP contribution in [0.2, 0.25) is 0 Å². The fourth-order valence-corrected chi connectivity index (χ4v) is 9.38. The summed E-state index contributed by atoms with van der Waals surface area (Å²) in [7, 11) is 0. The number of allylic oxidation sites excluding steroid dienone is 2. The van der Waals surface area contributed by atoms with E-state index in [0.717, 1.165) is 64.2 Å². The van der Waals surface area contributed by atoms with Crippen LogP contribution in [-0.2, 0) is 28.6 Å². The minimum Gasteiger partial charge on any atom is -0.462 e. The fourth-order valence-electron chi connectivity index (χ4n) is 9.38. The van der Waals surface area contributed by atoms with Crippen molar-refractivity contribution < 1.29 is 28.6 Å². The molecular formula is C62H118O6. The molecule has 1 unspecified atom stereocenters. The molecule has 0 aliphatic rings. The van der Waals surface area contributed by atoms with Crippen LogP contribution in [0.25, 0.3) is 0 Å². The van der Waals surface area contributed by atoms with Crippen molar-refractivity contribution in [2.75, 3.05) is 13.2 Å². The first-order chi connectivity index (χ1) is 33.5. The third-order valence-electron chi connectivity index (χ3n) is 14.0. The lowest BCUT2D eigenvalue weighted by Gasteiger charge is -2.18. The first-order valence-corrected chi connectivity index (χ1v) is 30.7. The first-order valence-electron chi connectivity index (χ1n) is 30.7. The number of hydrogen-bond acceptors (Lipinski definition) is 6. The molecule has 0 aromatic carbocycles. The molecule has 402 valence electrons. The van der Waals surface area contributed by atoms with E-state index in [-0.39, 0.29) is 31.1 Å². The topological polar surface area (TPSA) is 78.9 Å². The Morgan fingerprint density at radius 3 is 0.765 bits per heavy atom. The summed E-state index contributed by atoms with van der Waals surface area (Å²) in [5.74, 6) is -0.855. The van der Waals surface area contributed by atoms with E-state index in [2.05, 4.69) is 32.9 Å². The van der Waals surface area contributed by atoms with Crippen LogP contribution in [0.1, 0.15) is 348 Å². The van der Waals surface area contributed by atoms with Crippen molar-refractivity contribution in [3.8, 4) is 0 Å². The highest BCUT2D eigenvalue weighted by Crippen LogP contribution is 2.18. The van der Waals surface area contributed by atoms with E-state index in [1.165, 1.54) is 244 Å². The molecule has 0 bridgehead atoms. The number of carbonyl (C=O) groups is 3. The Morgan fingerprint density at radius 1 is 0.279 bits per heavy atom. The second-order valence-corrected chi connectivity index (χ2v) is 21.0. The highest BCUT2D eigenvalue weighted by molar-refractivity contribution is 5.71. The molecule has 0 spiro atoms. The average molecular weight is 960 g/mol. The van der Waals surface area contributed by atoms with Gasteiger partial charge in [-0.15, -0.1) is 0 Å². The Hall–Kier alpha value is -1.85. The predicted octanol–water partition coefficient (Wildman–Crippen LogP) is 20.5. The van der Waals surface area contributed by atoms with E-state index < -0.39 is 6.10 Å². The maximum absolute atomic E-state index is 12.8. The Morgan fingerprint density at radius 2 is 0.485 bits per heavy atom. The van der Waals surface area contributed by atoms with Crippen LogP contribution in [-0.4, -0.2) is 37.2 Å². The van der Waals surface area contributed by atoms with E-state index in [1.807, 2.05) is 0 Å². The lowest BCUT2D eigenvalue weighted by atomic mass is 10.0. The number of esters is 3. The van der Waals surface area contributed by atoms with Crippen molar-refractivity contribution >= 4 is 17.9 Å². The van der Waals surface area contributed by atoms with E-state index in [9.17, 15) is 14.4 Å². The zero-order valence-corrected chi connectivity index (χ0v) is 46.2. The van der Waals surface area contributed by atoms with Crippen molar-refractivity contribution in [2.24, 2.45) is 0 Å². The summed E-state index contributed by atoms with van der Waals surface area (Å²) in [4.78, 5) is 38.1. The van der Waals surface area contributed by atoms with Crippen molar-refractivity contribution in [3.05, 3.63) is 12.2 Å². The highest BCUT2D eigenvalue weighted by atomic mass is 16.6. The number of ether oxygens (including phenoxy) is 3. The summed E-state index contributed by atoms with van der Waals surface area (Å²) in [6, 6.07) is 0. The molecule has 0 aliphatic heterocycles. The van der Waals surface area contributed by atoms with Gasteiger partial charge in [0.2, 0.25) is 0 Å². The molecule has 0 saturated heterocycles. The average Bonchev–Trinajstić information content (AvgIpc) is 3.34. The van der Waals surface area contributed by atoms with Crippen molar-refractivity contribution in [3.63, 3.8) is 0 Å². The minimum absolute atomic E-state index is 0.0677. The molecule has 0 aromatic heterocycles. The molecule has 0 saturated carbocycles. The standard InChI is InChI=1S/C62H118O6/c1-4-7-10-13-16-19-22-24-25-26-27-28-29-30-31-32-33-34-35-36-37-38-41-43-46-49-52-55-61(64)67-58-59(57-66-60(63)54-51-48-45-42-39-21-18-15-12-9-6-3)68-62(65)56-53-50-47-44-40-23-20-17-14-11-8-5-2/h17,20,59H,4-16,18-19,21-58H2,1-3H3/b20-17-. The molecule has 0 radical (unpaired) electrons. The molecule has 0 N–H and O–H groups in total. The minimum atomic E-state index is -0.768. The van der Waals surface area contributed by atoms with Gasteiger partial charge >= 0.3 is 17.9 Å². The summed E-state index contributed by atoms with van der Waals surface area (Å²) in [5.41, 5.74) is 0. The highest BCUT2D eigenvalue weighted by Gasteiger charge is 2.19. The Bertz CT molecular complexity index is 1060. The van der Waals surface area contributed by atoms with Crippen LogP contribution in [0.4, 0.5) is 0 Å². The number of hydrogen-bond donors (Lipinski definition) is 0. The van der Waals surface area contributed by atoms with Crippen molar-refractivity contribution in [1.82, 2.24) is 0 Å². The van der Waals surface area contributed by atoms with E-state index in [1.54, 1.807) is 0 Å². The quantitative estimate of drug-likeness (QED) is 0.0262. The van der Waals surface area contributed by atoms with Crippen LogP contribution in [0.3, 0.4) is 0 Å². The van der Waals surface area contributed by atoms with E-state index >= 15 is 0 Å². The molecular weight excluding hydrogens is 841 g/mol. The molecule has 1 atom stereocenters. The van der Waals surface area contributed by atoms with Gasteiger partial charge in [0.15, 0.2) is 6.10 Å². The van der Waals surface area contributed by atoms with Gasteiger partial charge in [-0.25, -0.2) is 0 Å². The second-order valence-electron chi connectivity index (χ2n) is 21.0. The fraction of sp³-hybridized carbons (Fsp3) is 0.919. The van der Waals surface area contributed by atoms with Gasteiger partial charge in [0.05, 0.1) is 0 Å². The van der Waals surface area contributed by atoms with Gasteiger partial charge in [-0.3, -0.25) is 14.4 Å². The molecule has 0 fully saturated rings. The summed E-state index contributed by atoms with van der Waals surface area (Å²) in [5, 5.41) is 0. The third-order valence-corrected chi connectivity index (χ3v) is 14.0. The van der Waals surface area contributed by atoms with Crippen LogP contribution in [0.15, 0.2) is 12.2 Å². The van der Waals surface area contributed by atoms with Gasteiger partial charge in [0.1, 0.15) is 13.2 Å². The zero-order valence-electron chi connectivity index (χ0n) is 46.2. The van der Waals surface area contributed by atoms with Crippen LogP contribution in [0, 0.1) is 0 Å². The van der Waals surface area contributed by atoms with Gasteiger partial charge in [0.25, 0.3) is 0 Å². The van der Waals surface area contributed by atoms with E-state index in [0.29, 0.717) is 19.3 Å². The molecule has 0 heterocycles. The van der Waals surface area contributed by atoms with Crippen LogP contribution in [0.5, 0.6) is 0 Å². The van der Waals surface area contributed by atoms with Gasteiger partial charge < -0.3 is 14.2 Å². The first kappa shape index (κ1) is 66.2. The molecule has 6 heteroatoms. The summed E-state index contributed by atoms with van der Waals surface area (Å²) >= 11 is 0. The number of unbranched alkanes of at least 4 members (excludes halogenated alkanes) is 44. The van der Waals surface area contributed by atoms with Gasteiger partial charge in [-0.2, -0.15) is 0 Å². The molecule has 68 heavy (non-hydrogen) atoms. The zero-order chi connectivity index (χ0) is 49.3. The lowest BCUT2D eigenvalue weighted by molar-refractivity contribution is -0.167. The third kappa shape index (κ3) is 55.1. The summed E-state index contributed by atoms with van der Waals surface area (Å²) in [6.07, 6.45) is 66.6. The monoisotopic (exact) mass is 959 g/mol. The molecule has 0 amide bonds. The molecule has 6 nitrogen and oxygen atoms in total. The van der Waals surface area contributed by atoms with E-state index in [4.69, 9.17) is 14.2 Å². The Kier molecular flexibility index (Phi) is 56.2. The van der Waals surface area contributed by atoms with Crippen molar-refractivity contribution in [1.29, 1.82) is 0 Å². The summed E-state index contributed by atoms with van der Waals surface area (Å²) in [6.45, 7) is 6.66. The second kappa shape index (κ2) is 57.7.